The molecule has 0 saturated carbocycles. The average molecular weight is 373 g/mol. The number of pyridine rings is 2. The maximum Gasteiger partial charge on any atom is 0.261 e. The molecule has 0 aliphatic rings. The normalized spacial score (nSPS) is 10.8. The van der Waals surface area contributed by atoms with Crippen LogP contribution in [0.4, 0.5) is 10.1 Å². The quantitative estimate of drug-likeness (QED) is 0.591. The molecule has 6 heteroatoms. The van der Waals surface area contributed by atoms with E-state index in [2.05, 4.69) is 10.3 Å². The Morgan fingerprint density at radius 3 is 2.46 bits per heavy atom. The van der Waals surface area contributed by atoms with Gasteiger partial charge in [-0.2, -0.15) is 0 Å². The number of nitrogens with zero attached hydrogens (tertiary/aromatic N) is 2. The zero-order valence-electron chi connectivity index (χ0n) is 14.8. The number of halogens is 1. The largest absolute Gasteiger partial charge is 0.342 e. The van der Waals surface area contributed by atoms with Crippen molar-refractivity contribution < 1.29 is 9.18 Å². The van der Waals surface area contributed by atoms with Crippen LogP contribution in [0.1, 0.15) is 15.9 Å². The molecule has 138 valence electrons. The molecule has 0 saturated heterocycles. The van der Waals surface area contributed by atoms with Crippen LogP contribution in [0.2, 0.25) is 0 Å². The van der Waals surface area contributed by atoms with Gasteiger partial charge in [0.1, 0.15) is 11.4 Å². The van der Waals surface area contributed by atoms with Crippen molar-refractivity contribution in [3.05, 3.63) is 106 Å². The number of amides is 1. The minimum absolute atomic E-state index is 0.0395. The number of para-hydroxylation sites is 1. The average Bonchev–Trinajstić information content (AvgIpc) is 2.72. The fourth-order valence-corrected chi connectivity index (χ4v) is 3.06. The minimum Gasteiger partial charge on any atom is -0.342 e. The molecule has 0 atom stereocenters. The number of rotatable bonds is 4. The summed E-state index contributed by atoms with van der Waals surface area (Å²) >= 11 is 0. The summed E-state index contributed by atoms with van der Waals surface area (Å²) < 4.78 is 15.0. The van der Waals surface area contributed by atoms with Gasteiger partial charge in [-0.05, 0) is 42.0 Å². The summed E-state index contributed by atoms with van der Waals surface area (Å²) in [5, 5.41) is 3.17. The van der Waals surface area contributed by atoms with Crippen LogP contribution in [-0.4, -0.2) is 15.5 Å². The van der Waals surface area contributed by atoms with Crippen molar-refractivity contribution in [3.63, 3.8) is 0 Å². The monoisotopic (exact) mass is 373 g/mol. The summed E-state index contributed by atoms with van der Waals surface area (Å²) in [6.45, 7) is 0.399. The van der Waals surface area contributed by atoms with E-state index >= 15 is 0 Å². The van der Waals surface area contributed by atoms with Crippen LogP contribution in [0.25, 0.3) is 10.9 Å². The van der Waals surface area contributed by atoms with Crippen molar-refractivity contribution in [2.24, 2.45) is 0 Å². The second-order valence-corrected chi connectivity index (χ2v) is 6.33. The highest BCUT2D eigenvalue weighted by atomic mass is 19.1. The molecule has 4 rings (SSSR count). The van der Waals surface area contributed by atoms with Crippen LogP contribution in [0.5, 0.6) is 0 Å². The van der Waals surface area contributed by atoms with Gasteiger partial charge >= 0.3 is 0 Å². The molecule has 0 aliphatic heterocycles. The third kappa shape index (κ3) is 3.53. The van der Waals surface area contributed by atoms with Crippen molar-refractivity contribution in [2.45, 2.75) is 6.54 Å². The van der Waals surface area contributed by atoms with Crippen LogP contribution >= 0.6 is 0 Å². The number of carbonyl (C=O) groups is 1. The van der Waals surface area contributed by atoms with E-state index < -0.39 is 5.91 Å². The minimum atomic E-state index is -0.491. The van der Waals surface area contributed by atoms with E-state index in [0.717, 1.165) is 5.56 Å². The Bertz CT molecular complexity index is 1200. The number of hydrogen-bond donors (Lipinski definition) is 1. The number of hydrogen-bond acceptors (Lipinski definition) is 3. The van der Waals surface area contributed by atoms with Crippen LogP contribution < -0.4 is 10.7 Å². The van der Waals surface area contributed by atoms with Gasteiger partial charge in [-0.3, -0.25) is 14.6 Å². The SMILES string of the molecule is O=C(Nc1ccncc1)c1cn(Cc2ccc(F)cc2)c2ccccc2c1=O. The Kier molecular flexibility index (Phi) is 4.68. The van der Waals surface area contributed by atoms with Gasteiger partial charge in [0.25, 0.3) is 5.91 Å². The molecule has 0 unspecified atom stereocenters. The topological polar surface area (TPSA) is 64.0 Å². The number of nitrogens with one attached hydrogen (secondary N) is 1. The first kappa shape index (κ1) is 17.6. The molecular weight excluding hydrogens is 357 g/mol. The summed E-state index contributed by atoms with van der Waals surface area (Å²) in [6.07, 6.45) is 4.66. The Labute approximate surface area is 160 Å². The molecule has 0 aliphatic carbocycles. The molecule has 1 amide bonds. The zero-order chi connectivity index (χ0) is 19.5. The molecule has 0 fully saturated rings. The molecule has 4 aromatic rings. The molecule has 2 aromatic heterocycles. The van der Waals surface area contributed by atoms with Gasteiger partial charge < -0.3 is 9.88 Å². The zero-order valence-corrected chi connectivity index (χ0v) is 14.8. The molecule has 5 nitrogen and oxygen atoms in total. The van der Waals surface area contributed by atoms with Crippen molar-refractivity contribution in [3.8, 4) is 0 Å². The Morgan fingerprint density at radius 2 is 1.71 bits per heavy atom. The van der Waals surface area contributed by atoms with Crippen molar-refractivity contribution in [1.82, 2.24) is 9.55 Å². The molecule has 2 aromatic carbocycles. The Morgan fingerprint density at radius 1 is 1.00 bits per heavy atom. The summed E-state index contributed by atoms with van der Waals surface area (Å²) in [5.74, 6) is -0.805. The number of fused-ring (bicyclic) bond motifs is 1. The van der Waals surface area contributed by atoms with E-state index in [9.17, 15) is 14.0 Å². The van der Waals surface area contributed by atoms with Gasteiger partial charge in [-0.15, -0.1) is 0 Å². The molecule has 2 heterocycles. The van der Waals surface area contributed by atoms with Crippen molar-refractivity contribution >= 4 is 22.5 Å². The molecule has 0 bridgehead atoms. The summed E-state index contributed by atoms with van der Waals surface area (Å²) in [6, 6.07) is 16.5. The molecular formula is C22H16FN3O2. The summed E-state index contributed by atoms with van der Waals surface area (Å²) in [7, 11) is 0. The predicted octanol–water partition coefficient (Wildman–Crippen LogP) is 3.84. The summed E-state index contributed by atoms with van der Waals surface area (Å²) in [4.78, 5) is 29.5. The predicted molar refractivity (Wildman–Crippen MR) is 106 cm³/mol. The smallest absolute Gasteiger partial charge is 0.261 e. The third-order valence-electron chi connectivity index (χ3n) is 4.44. The lowest BCUT2D eigenvalue weighted by Gasteiger charge is -2.14. The maximum atomic E-state index is 13.2. The van der Waals surface area contributed by atoms with Gasteiger partial charge in [-0.1, -0.05) is 24.3 Å². The molecule has 1 N–H and O–H groups in total. The first-order valence-corrected chi connectivity index (χ1v) is 8.70. The fraction of sp³-hybridized carbons (Fsp3) is 0.0455. The van der Waals surface area contributed by atoms with Crippen molar-refractivity contribution in [2.75, 3.05) is 5.32 Å². The fourth-order valence-electron chi connectivity index (χ4n) is 3.06. The number of carbonyl (C=O) groups excluding carboxylic acids is 1. The van der Waals surface area contributed by atoms with E-state index in [0.29, 0.717) is 23.1 Å². The van der Waals surface area contributed by atoms with Gasteiger partial charge in [-0.25, -0.2) is 4.39 Å². The van der Waals surface area contributed by atoms with Gasteiger partial charge in [0.15, 0.2) is 0 Å². The van der Waals surface area contributed by atoms with Gasteiger partial charge in [0, 0.05) is 36.2 Å². The highest BCUT2D eigenvalue weighted by Crippen LogP contribution is 2.15. The molecule has 0 radical (unpaired) electrons. The lowest BCUT2D eigenvalue weighted by molar-refractivity contribution is 0.102. The maximum absolute atomic E-state index is 13.2. The standard InChI is InChI=1S/C22H16FN3O2/c23-16-7-5-15(6-8-16)13-26-14-19(21(27)18-3-1-2-4-20(18)26)22(28)25-17-9-11-24-12-10-17/h1-12,14H,13H2,(H,24,25,28). The Hall–Kier alpha value is -3.80. The van der Waals surface area contributed by atoms with Crippen LogP contribution in [-0.2, 0) is 6.54 Å². The van der Waals surface area contributed by atoms with Crippen LogP contribution in [0.3, 0.4) is 0 Å². The first-order valence-electron chi connectivity index (χ1n) is 8.70. The Balaban J connectivity index is 1.78. The number of aromatic nitrogens is 2. The van der Waals surface area contributed by atoms with Crippen LogP contribution in [0.15, 0.2) is 84.0 Å². The second-order valence-electron chi connectivity index (χ2n) is 6.33. The third-order valence-corrected chi connectivity index (χ3v) is 4.44. The van der Waals surface area contributed by atoms with Gasteiger partial charge in [0.2, 0.25) is 5.43 Å². The van der Waals surface area contributed by atoms with E-state index in [1.807, 2.05) is 16.7 Å². The number of benzene rings is 2. The van der Waals surface area contributed by atoms with E-state index in [1.54, 1.807) is 55.0 Å². The van der Waals surface area contributed by atoms with Crippen molar-refractivity contribution in [1.29, 1.82) is 0 Å². The van der Waals surface area contributed by atoms with E-state index in [-0.39, 0.29) is 16.8 Å². The molecule has 28 heavy (non-hydrogen) atoms. The number of anilines is 1. The van der Waals surface area contributed by atoms with E-state index in [4.69, 9.17) is 0 Å². The molecule has 0 spiro atoms. The highest BCUT2D eigenvalue weighted by molar-refractivity contribution is 6.05. The lowest BCUT2D eigenvalue weighted by Crippen LogP contribution is -2.24. The highest BCUT2D eigenvalue weighted by Gasteiger charge is 2.16. The van der Waals surface area contributed by atoms with E-state index in [1.165, 1.54) is 12.1 Å². The first-order chi connectivity index (χ1) is 13.6. The van der Waals surface area contributed by atoms with Gasteiger partial charge in [0.05, 0.1) is 5.52 Å². The van der Waals surface area contributed by atoms with Crippen LogP contribution in [0, 0.1) is 5.82 Å². The lowest BCUT2D eigenvalue weighted by atomic mass is 10.1. The second kappa shape index (κ2) is 7.44. The summed E-state index contributed by atoms with van der Waals surface area (Å²) in [5.41, 5.74) is 1.82.